The number of nitrogens with one attached hydrogen (secondary N) is 3. The van der Waals surface area contributed by atoms with E-state index >= 15 is 0 Å². The number of carbonyl (C=O) groups is 1. The van der Waals surface area contributed by atoms with Gasteiger partial charge in [0, 0.05) is 43.0 Å². The third-order valence-electron chi connectivity index (χ3n) is 7.84. The highest BCUT2D eigenvalue weighted by molar-refractivity contribution is 5.93. The van der Waals surface area contributed by atoms with E-state index in [2.05, 4.69) is 10.3 Å². The first kappa shape index (κ1) is 23.1. The maximum Gasteiger partial charge on any atom is 0.273 e. The quantitative estimate of drug-likeness (QED) is 0.414. The molecule has 8 heteroatoms. The van der Waals surface area contributed by atoms with Crippen molar-refractivity contribution in [2.75, 3.05) is 39.3 Å². The number of amides is 1. The number of benzene rings is 1. The molecule has 2 aliphatic heterocycles. The van der Waals surface area contributed by atoms with Gasteiger partial charge in [-0.15, -0.1) is 0 Å². The highest BCUT2D eigenvalue weighted by Gasteiger charge is 2.30. The third-order valence-corrected chi connectivity index (χ3v) is 7.84. The fourth-order valence-corrected chi connectivity index (χ4v) is 6.08. The first-order valence-electron chi connectivity index (χ1n) is 13.0. The van der Waals surface area contributed by atoms with E-state index < -0.39 is 0 Å². The Labute approximate surface area is 200 Å². The van der Waals surface area contributed by atoms with Gasteiger partial charge in [-0.3, -0.25) is 14.3 Å². The maximum absolute atomic E-state index is 12.8. The Hall–Kier alpha value is -2.71. The lowest BCUT2D eigenvalue weighted by molar-refractivity contribution is -0.960. The highest BCUT2D eigenvalue weighted by Crippen LogP contribution is 2.21. The molecule has 2 aromatic heterocycles. The molecule has 5 rings (SSSR count). The number of carbonyl (C=O) groups excluding carboxylic acids is 1. The van der Waals surface area contributed by atoms with Gasteiger partial charge in [0.05, 0.1) is 44.3 Å². The van der Waals surface area contributed by atoms with Gasteiger partial charge in [-0.1, -0.05) is 12.1 Å². The lowest BCUT2D eigenvalue weighted by atomic mass is 10.00. The summed E-state index contributed by atoms with van der Waals surface area (Å²) in [6, 6.07) is 10.2. The maximum atomic E-state index is 12.8. The Morgan fingerprint density at radius 1 is 1.12 bits per heavy atom. The number of quaternary nitrogens is 2. The van der Waals surface area contributed by atoms with Gasteiger partial charge in [-0.2, -0.15) is 4.98 Å². The molecule has 4 heterocycles. The summed E-state index contributed by atoms with van der Waals surface area (Å²) in [6.45, 7) is 9.21. The monoisotopic (exact) mass is 466 g/mol. The molecule has 0 unspecified atom stereocenters. The van der Waals surface area contributed by atoms with Crippen LogP contribution in [0.4, 0.5) is 0 Å². The summed E-state index contributed by atoms with van der Waals surface area (Å²) in [6.07, 6.45) is 7.94. The van der Waals surface area contributed by atoms with Crippen LogP contribution in [-0.2, 0) is 11.3 Å². The average molecular weight is 467 g/mol. The zero-order valence-electron chi connectivity index (χ0n) is 20.3. The summed E-state index contributed by atoms with van der Waals surface area (Å²) in [5.74, 6) is -0.0110. The van der Waals surface area contributed by atoms with Crippen molar-refractivity contribution in [3.05, 3.63) is 46.4 Å². The topological polar surface area (TPSA) is 77.3 Å². The van der Waals surface area contributed by atoms with Crippen LogP contribution >= 0.6 is 0 Å². The number of hydrogen-bond acceptors (Lipinski definition) is 3. The summed E-state index contributed by atoms with van der Waals surface area (Å²) in [5, 5.41) is 3.99. The van der Waals surface area contributed by atoms with Crippen molar-refractivity contribution in [1.29, 1.82) is 0 Å². The first-order chi connectivity index (χ1) is 16.6. The van der Waals surface area contributed by atoms with Crippen LogP contribution in [0.15, 0.2) is 35.1 Å². The van der Waals surface area contributed by atoms with E-state index in [9.17, 15) is 9.59 Å². The van der Waals surface area contributed by atoms with E-state index in [4.69, 9.17) is 0 Å². The number of rotatable bonds is 7. The van der Waals surface area contributed by atoms with Crippen LogP contribution in [0.1, 0.15) is 44.2 Å². The summed E-state index contributed by atoms with van der Waals surface area (Å²) < 4.78 is 3.80. The Kier molecular flexibility index (Phi) is 6.97. The Morgan fingerprint density at radius 2 is 1.88 bits per heavy atom. The first-order valence-corrected chi connectivity index (χ1v) is 13.0. The fraction of sp³-hybridized carbons (Fsp3) is 0.577. The highest BCUT2D eigenvalue weighted by atomic mass is 16.2. The molecular weight excluding hydrogens is 428 g/mol. The number of likely N-dealkylation sites (tertiary alicyclic amines) is 2. The van der Waals surface area contributed by atoms with Gasteiger partial charge < -0.3 is 15.1 Å². The largest absolute Gasteiger partial charge is 0.354 e. The zero-order valence-corrected chi connectivity index (χ0v) is 20.3. The average Bonchev–Trinajstić information content (AvgIpc) is 3.16. The Balaban J connectivity index is 1.13. The second-order valence-corrected chi connectivity index (χ2v) is 10.1. The molecule has 182 valence electrons. The molecule has 8 nitrogen and oxygen atoms in total. The number of aromatic nitrogens is 3. The van der Waals surface area contributed by atoms with Crippen molar-refractivity contribution in [3.8, 4) is 0 Å². The SMILES string of the molecule is Cc1cc(=O)nc2c3ccccc3n(CC(=O)NCCC[NH+]3CCC([NH+]4CCCCC4)CC3)n12. The van der Waals surface area contributed by atoms with E-state index in [1.807, 2.05) is 45.3 Å². The summed E-state index contributed by atoms with van der Waals surface area (Å²) in [4.78, 5) is 32.5. The van der Waals surface area contributed by atoms with Gasteiger partial charge in [0.15, 0.2) is 5.65 Å². The lowest BCUT2D eigenvalue weighted by Crippen LogP contribution is -3.21. The van der Waals surface area contributed by atoms with E-state index in [0.29, 0.717) is 12.2 Å². The number of aryl methyl sites for hydroxylation is 1. The number of fused-ring (bicyclic) bond motifs is 3. The van der Waals surface area contributed by atoms with Gasteiger partial charge in [0.1, 0.15) is 6.54 Å². The van der Waals surface area contributed by atoms with Crippen molar-refractivity contribution in [2.45, 2.75) is 58.0 Å². The molecule has 1 amide bonds. The Bertz CT molecular complexity index is 1200. The van der Waals surface area contributed by atoms with Crippen LogP contribution in [0.3, 0.4) is 0 Å². The molecule has 2 saturated heterocycles. The van der Waals surface area contributed by atoms with Gasteiger partial charge in [-0.05, 0) is 38.3 Å². The molecule has 0 aliphatic carbocycles. The van der Waals surface area contributed by atoms with Crippen LogP contribution in [0.25, 0.3) is 16.6 Å². The van der Waals surface area contributed by atoms with Gasteiger partial charge in [0.2, 0.25) is 5.91 Å². The molecular formula is C26H38N6O2+2. The van der Waals surface area contributed by atoms with Crippen molar-refractivity contribution in [1.82, 2.24) is 19.5 Å². The minimum atomic E-state index is -0.256. The predicted octanol–water partition coefficient (Wildman–Crippen LogP) is -0.420. The number of hydrogen-bond donors (Lipinski definition) is 3. The van der Waals surface area contributed by atoms with Crippen LogP contribution < -0.4 is 20.7 Å². The van der Waals surface area contributed by atoms with Crippen LogP contribution in [-0.4, -0.2) is 65.4 Å². The normalized spacial score (nSPS) is 21.8. The van der Waals surface area contributed by atoms with Crippen molar-refractivity contribution >= 4 is 22.5 Å². The summed E-state index contributed by atoms with van der Waals surface area (Å²) in [5.41, 5.74) is 2.03. The number of piperidine rings is 2. The fourth-order valence-electron chi connectivity index (χ4n) is 6.08. The molecule has 0 spiro atoms. The van der Waals surface area contributed by atoms with E-state index in [1.165, 1.54) is 64.3 Å². The van der Waals surface area contributed by atoms with Crippen molar-refractivity contribution in [3.63, 3.8) is 0 Å². The molecule has 0 radical (unpaired) electrons. The molecule has 0 atom stereocenters. The Morgan fingerprint density at radius 3 is 2.68 bits per heavy atom. The second kappa shape index (κ2) is 10.3. The van der Waals surface area contributed by atoms with Crippen molar-refractivity contribution in [2.24, 2.45) is 0 Å². The number of para-hydroxylation sites is 1. The molecule has 3 N–H and O–H groups in total. The smallest absolute Gasteiger partial charge is 0.273 e. The van der Waals surface area contributed by atoms with E-state index in [1.54, 1.807) is 4.90 Å². The minimum absolute atomic E-state index is 0.0110. The summed E-state index contributed by atoms with van der Waals surface area (Å²) in [7, 11) is 0. The molecule has 34 heavy (non-hydrogen) atoms. The molecule has 0 bridgehead atoms. The zero-order chi connectivity index (χ0) is 23.5. The van der Waals surface area contributed by atoms with Crippen molar-refractivity contribution < 1.29 is 14.6 Å². The van der Waals surface area contributed by atoms with Crippen LogP contribution in [0.2, 0.25) is 0 Å². The standard InChI is InChI=1S/C26H36N6O2/c1-20-18-24(33)28-26-22-8-3-4-9-23(22)31(32(20)26)19-25(34)27-12-7-13-29-16-10-21(11-17-29)30-14-5-2-6-15-30/h3-4,8-9,18,21H,2,5-7,10-17,19H2,1H3,(H,27,34)/p+2. The molecule has 2 fully saturated rings. The summed E-state index contributed by atoms with van der Waals surface area (Å²) >= 11 is 0. The van der Waals surface area contributed by atoms with Gasteiger partial charge in [0.25, 0.3) is 5.56 Å². The third kappa shape index (κ3) is 4.88. The lowest BCUT2D eigenvalue weighted by Gasteiger charge is -2.36. The van der Waals surface area contributed by atoms with Crippen LogP contribution in [0, 0.1) is 6.92 Å². The van der Waals surface area contributed by atoms with Crippen LogP contribution in [0.5, 0.6) is 0 Å². The molecule has 1 aromatic carbocycles. The minimum Gasteiger partial charge on any atom is -0.354 e. The molecule has 2 aliphatic rings. The van der Waals surface area contributed by atoms with E-state index in [-0.39, 0.29) is 18.0 Å². The van der Waals surface area contributed by atoms with Gasteiger partial charge in [-0.25, -0.2) is 4.52 Å². The molecule has 3 aromatic rings. The molecule has 0 saturated carbocycles. The van der Waals surface area contributed by atoms with Gasteiger partial charge >= 0.3 is 0 Å². The second-order valence-electron chi connectivity index (χ2n) is 10.1. The van der Waals surface area contributed by atoms with E-state index in [0.717, 1.165) is 35.6 Å². The number of nitrogens with zero attached hydrogens (tertiary/aromatic N) is 3. The predicted molar refractivity (Wildman–Crippen MR) is 132 cm³/mol.